The summed E-state index contributed by atoms with van der Waals surface area (Å²) in [7, 11) is 0. The lowest BCUT2D eigenvalue weighted by Crippen LogP contribution is -2.06. The lowest BCUT2D eigenvalue weighted by molar-refractivity contribution is -0.117. The Bertz CT molecular complexity index is 643. The van der Waals surface area contributed by atoms with Crippen LogP contribution >= 0.6 is 11.3 Å². The normalized spacial score (nSPS) is 10.9. The van der Waals surface area contributed by atoms with Crippen LogP contribution in [0, 0.1) is 0 Å². The van der Waals surface area contributed by atoms with Crippen LogP contribution in [0.1, 0.15) is 11.3 Å². The number of Topliss-reactive ketones (excluding diaryl/α,β-unsaturated/α-hetero) is 1. The van der Waals surface area contributed by atoms with E-state index in [1.54, 1.807) is 23.7 Å². The van der Waals surface area contributed by atoms with Crippen LogP contribution in [0.3, 0.4) is 0 Å². The van der Waals surface area contributed by atoms with Crippen molar-refractivity contribution in [3.8, 4) is 0 Å². The molecule has 3 aromatic rings. The Kier molecular flexibility index (Phi) is 2.90. The summed E-state index contributed by atoms with van der Waals surface area (Å²) in [5.74, 6) is 0.161. The van der Waals surface area contributed by atoms with E-state index in [4.69, 9.17) is 0 Å². The number of thiazole rings is 1. The topological polar surface area (TPSA) is 47.3 Å². The highest BCUT2D eigenvalue weighted by Crippen LogP contribution is 2.12. The maximum absolute atomic E-state index is 11.9. The van der Waals surface area contributed by atoms with Gasteiger partial charge in [0.1, 0.15) is 5.78 Å². The predicted molar refractivity (Wildman–Crippen MR) is 69.7 cm³/mol. The first-order valence-electron chi connectivity index (χ1n) is 5.63. The van der Waals surface area contributed by atoms with Crippen LogP contribution in [0.4, 0.5) is 0 Å². The molecule has 3 heterocycles. The predicted octanol–water partition coefficient (Wildman–Crippen LogP) is 2.15. The standard InChI is InChI=1S/C13H11N3OS/c17-12(6-10-2-1-3-14-8-10)7-11-9-16-4-5-18-13(16)15-11/h1-5,8-9H,6-7H2. The number of hydrogen-bond donors (Lipinski definition) is 0. The number of carbonyl (C=O) groups excluding carboxylic acids is 1. The van der Waals surface area contributed by atoms with Gasteiger partial charge in [-0.1, -0.05) is 6.07 Å². The third kappa shape index (κ3) is 2.31. The van der Waals surface area contributed by atoms with Crippen molar-refractivity contribution in [2.24, 2.45) is 0 Å². The molecule has 0 spiro atoms. The minimum absolute atomic E-state index is 0.161. The van der Waals surface area contributed by atoms with E-state index in [1.807, 2.05) is 34.3 Å². The fourth-order valence-electron chi connectivity index (χ4n) is 1.86. The molecule has 0 radical (unpaired) electrons. The minimum Gasteiger partial charge on any atom is -0.299 e. The zero-order chi connectivity index (χ0) is 12.4. The number of imidazole rings is 1. The van der Waals surface area contributed by atoms with Crippen LogP contribution in [0.5, 0.6) is 0 Å². The van der Waals surface area contributed by atoms with Crippen molar-refractivity contribution in [2.45, 2.75) is 12.8 Å². The van der Waals surface area contributed by atoms with Gasteiger partial charge >= 0.3 is 0 Å². The van der Waals surface area contributed by atoms with E-state index in [2.05, 4.69) is 9.97 Å². The van der Waals surface area contributed by atoms with E-state index in [0.29, 0.717) is 12.8 Å². The highest BCUT2D eigenvalue weighted by atomic mass is 32.1. The first kappa shape index (κ1) is 11.1. The second-order valence-corrected chi connectivity index (χ2v) is 4.95. The van der Waals surface area contributed by atoms with E-state index in [0.717, 1.165) is 16.2 Å². The van der Waals surface area contributed by atoms with Gasteiger partial charge in [-0.25, -0.2) is 4.98 Å². The zero-order valence-corrected chi connectivity index (χ0v) is 10.4. The van der Waals surface area contributed by atoms with Crippen molar-refractivity contribution in [3.63, 3.8) is 0 Å². The Morgan fingerprint density at radius 1 is 1.39 bits per heavy atom. The van der Waals surface area contributed by atoms with Crippen molar-refractivity contribution in [1.29, 1.82) is 0 Å². The van der Waals surface area contributed by atoms with Gasteiger partial charge in [-0.05, 0) is 11.6 Å². The second-order valence-electron chi connectivity index (χ2n) is 4.08. The van der Waals surface area contributed by atoms with Gasteiger partial charge in [0.05, 0.1) is 12.1 Å². The van der Waals surface area contributed by atoms with Gasteiger partial charge in [-0.3, -0.25) is 14.2 Å². The Morgan fingerprint density at radius 3 is 3.11 bits per heavy atom. The summed E-state index contributed by atoms with van der Waals surface area (Å²) < 4.78 is 1.94. The largest absolute Gasteiger partial charge is 0.299 e. The van der Waals surface area contributed by atoms with Crippen LogP contribution in [-0.4, -0.2) is 20.2 Å². The van der Waals surface area contributed by atoms with Gasteiger partial charge in [0.25, 0.3) is 0 Å². The zero-order valence-electron chi connectivity index (χ0n) is 9.61. The van der Waals surface area contributed by atoms with Crippen molar-refractivity contribution in [2.75, 3.05) is 0 Å². The van der Waals surface area contributed by atoms with E-state index in [1.165, 1.54) is 0 Å². The summed E-state index contributed by atoms with van der Waals surface area (Å²) in [5.41, 5.74) is 1.78. The lowest BCUT2D eigenvalue weighted by atomic mass is 10.1. The molecule has 18 heavy (non-hydrogen) atoms. The molecule has 0 N–H and O–H groups in total. The Balaban J connectivity index is 1.69. The molecule has 0 atom stereocenters. The maximum Gasteiger partial charge on any atom is 0.193 e. The number of aromatic nitrogens is 3. The molecule has 0 amide bonds. The van der Waals surface area contributed by atoms with E-state index in [-0.39, 0.29) is 5.78 Å². The molecule has 90 valence electrons. The SMILES string of the molecule is O=C(Cc1cccnc1)Cc1cn2ccsc2n1. The molecule has 0 unspecified atom stereocenters. The second kappa shape index (κ2) is 4.70. The van der Waals surface area contributed by atoms with Crippen LogP contribution in [0.25, 0.3) is 4.96 Å². The average molecular weight is 257 g/mol. The number of hydrogen-bond acceptors (Lipinski definition) is 4. The molecule has 0 saturated carbocycles. The molecule has 0 saturated heterocycles. The van der Waals surface area contributed by atoms with E-state index in [9.17, 15) is 4.79 Å². The van der Waals surface area contributed by atoms with Crippen molar-refractivity contribution >= 4 is 22.1 Å². The van der Waals surface area contributed by atoms with Gasteiger partial charge in [0.15, 0.2) is 4.96 Å². The Hall–Kier alpha value is -2.01. The number of nitrogens with zero attached hydrogens (tertiary/aromatic N) is 3. The van der Waals surface area contributed by atoms with Gasteiger partial charge < -0.3 is 0 Å². The van der Waals surface area contributed by atoms with Crippen LogP contribution in [0.2, 0.25) is 0 Å². The van der Waals surface area contributed by atoms with Crippen molar-refractivity contribution in [1.82, 2.24) is 14.4 Å². The van der Waals surface area contributed by atoms with Crippen molar-refractivity contribution < 1.29 is 4.79 Å². The maximum atomic E-state index is 11.9. The number of ketones is 1. The summed E-state index contributed by atoms with van der Waals surface area (Å²) in [6.45, 7) is 0. The summed E-state index contributed by atoms with van der Waals surface area (Å²) in [4.78, 5) is 21.2. The molecular formula is C13H11N3OS. The van der Waals surface area contributed by atoms with Gasteiger partial charge in [-0.15, -0.1) is 11.3 Å². The fourth-order valence-corrected chi connectivity index (χ4v) is 2.58. The summed E-state index contributed by atoms with van der Waals surface area (Å²) in [6.07, 6.45) is 8.08. The molecule has 0 aliphatic rings. The minimum atomic E-state index is 0.161. The highest BCUT2D eigenvalue weighted by molar-refractivity contribution is 7.15. The molecule has 3 aromatic heterocycles. The molecule has 0 fully saturated rings. The molecule has 4 nitrogen and oxygen atoms in total. The molecular weight excluding hydrogens is 246 g/mol. The highest BCUT2D eigenvalue weighted by Gasteiger charge is 2.09. The third-order valence-corrected chi connectivity index (χ3v) is 3.42. The monoisotopic (exact) mass is 257 g/mol. The number of rotatable bonds is 4. The van der Waals surface area contributed by atoms with Crippen LogP contribution in [0.15, 0.2) is 42.3 Å². The number of carbonyl (C=O) groups is 1. The van der Waals surface area contributed by atoms with Gasteiger partial charge in [0.2, 0.25) is 0 Å². The van der Waals surface area contributed by atoms with Crippen molar-refractivity contribution in [3.05, 3.63) is 53.6 Å². The average Bonchev–Trinajstić information content (AvgIpc) is 2.90. The van der Waals surface area contributed by atoms with E-state index < -0.39 is 0 Å². The summed E-state index contributed by atoms with van der Waals surface area (Å²) in [6, 6.07) is 3.76. The van der Waals surface area contributed by atoms with Gasteiger partial charge in [0, 0.05) is 36.6 Å². The van der Waals surface area contributed by atoms with Gasteiger partial charge in [-0.2, -0.15) is 0 Å². The first-order chi connectivity index (χ1) is 8.81. The lowest BCUT2D eigenvalue weighted by Gasteiger charge is -1.98. The molecule has 0 aliphatic carbocycles. The molecule has 0 aromatic carbocycles. The molecule has 3 rings (SSSR count). The summed E-state index contributed by atoms with van der Waals surface area (Å²) in [5, 5.41) is 1.98. The first-order valence-corrected chi connectivity index (χ1v) is 6.51. The smallest absolute Gasteiger partial charge is 0.193 e. The van der Waals surface area contributed by atoms with Crippen LogP contribution < -0.4 is 0 Å². The van der Waals surface area contributed by atoms with E-state index >= 15 is 0 Å². The number of pyridine rings is 1. The third-order valence-electron chi connectivity index (χ3n) is 2.65. The number of fused-ring (bicyclic) bond motifs is 1. The Morgan fingerprint density at radius 2 is 2.33 bits per heavy atom. The summed E-state index contributed by atoms with van der Waals surface area (Å²) >= 11 is 1.57. The fraction of sp³-hybridized carbons (Fsp3) is 0.154. The molecule has 0 aliphatic heterocycles. The molecule has 5 heteroatoms. The molecule has 0 bridgehead atoms. The quantitative estimate of drug-likeness (QED) is 0.719. The van der Waals surface area contributed by atoms with Crippen LogP contribution in [-0.2, 0) is 17.6 Å². The Labute approximate surface area is 108 Å².